The maximum Gasteiger partial charge on any atom is 0.321 e. The minimum absolute atomic E-state index is 0.124. The molecule has 0 heterocycles. The van der Waals surface area contributed by atoms with Gasteiger partial charge in [-0.1, -0.05) is 36.4 Å². The molecule has 0 spiro atoms. The van der Waals surface area contributed by atoms with Crippen molar-refractivity contribution in [3.8, 4) is 0 Å². The Morgan fingerprint density at radius 1 is 1.08 bits per heavy atom. The van der Waals surface area contributed by atoms with Gasteiger partial charge < -0.3 is 4.74 Å². The first-order chi connectivity index (χ1) is 12.5. The third kappa shape index (κ3) is 4.14. The van der Waals surface area contributed by atoms with Crippen molar-refractivity contribution >= 4 is 16.0 Å². The molecule has 5 nitrogen and oxygen atoms in total. The number of benzene rings is 2. The van der Waals surface area contributed by atoms with Gasteiger partial charge in [-0.15, -0.1) is 0 Å². The first kappa shape index (κ1) is 18.6. The average molecular weight is 373 g/mol. The Labute approximate surface area is 154 Å². The number of fused-ring (bicyclic) bond motifs is 1. The minimum atomic E-state index is -3.80. The molecule has 26 heavy (non-hydrogen) atoms. The van der Waals surface area contributed by atoms with Crippen LogP contribution in [0, 0.1) is 0 Å². The van der Waals surface area contributed by atoms with E-state index in [4.69, 9.17) is 4.74 Å². The van der Waals surface area contributed by atoms with Crippen LogP contribution in [0.2, 0.25) is 0 Å². The van der Waals surface area contributed by atoms with Gasteiger partial charge in [0.1, 0.15) is 6.54 Å². The van der Waals surface area contributed by atoms with E-state index >= 15 is 0 Å². The van der Waals surface area contributed by atoms with E-state index in [2.05, 4.69) is 0 Å². The molecular formula is C20H23NO4S. The first-order valence-corrected chi connectivity index (χ1v) is 10.3. The fraction of sp³-hybridized carbons (Fsp3) is 0.350. The van der Waals surface area contributed by atoms with Gasteiger partial charge in [-0.05, 0) is 55.0 Å². The van der Waals surface area contributed by atoms with E-state index in [1.54, 1.807) is 19.1 Å². The number of carbonyl (C=O) groups is 1. The molecule has 0 fully saturated rings. The number of ether oxygens (including phenoxy) is 1. The summed E-state index contributed by atoms with van der Waals surface area (Å²) in [4.78, 5) is 12.2. The van der Waals surface area contributed by atoms with E-state index in [-0.39, 0.29) is 24.6 Å². The van der Waals surface area contributed by atoms with Crippen LogP contribution in [0.1, 0.15) is 30.0 Å². The Kier molecular flexibility index (Phi) is 5.74. The Bertz CT molecular complexity index is 878. The third-order valence-electron chi connectivity index (χ3n) is 4.52. The fourth-order valence-corrected chi connectivity index (χ4v) is 4.65. The second-order valence-corrected chi connectivity index (χ2v) is 8.29. The lowest BCUT2D eigenvalue weighted by atomic mass is 10.1. The van der Waals surface area contributed by atoms with Crippen molar-refractivity contribution in [1.29, 1.82) is 0 Å². The van der Waals surface area contributed by atoms with E-state index in [0.29, 0.717) is 0 Å². The van der Waals surface area contributed by atoms with Crippen LogP contribution < -0.4 is 0 Å². The molecule has 1 aliphatic rings. The molecule has 2 aromatic carbocycles. The van der Waals surface area contributed by atoms with Crippen LogP contribution in [0.25, 0.3) is 0 Å². The Hall–Kier alpha value is -2.18. The van der Waals surface area contributed by atoms with Crippen molar-refractivity contribution < 1.29 is 17.9 Å². The van der Waals surface area contributed by atoms with Gasteiger partial charge in [0.25, 0.3) is 0 Å². The Balaban J connectivity index is 1.92. The highest BCUT2D eigenvalue weighted by molar-refractivity contribution is 7.89. The maximum atomic E-state index is 13.2. The molecule has 3 rings (SSSR count). The summed E-state index contributed by atoms with van der Waals surface area (Å²) in [5.41, 5.74) is 3.12. The number of hydrogen-bond donors (Lipinski definition) is 0. The molecule has 0 aromatic heterocycles. The van der Waals surface area contributed by atoms with Gasteiger partial charge in [0.15, 0.2) is 0 Å². The third-order valence-corrected chi connectivity index (χ3v) is 6.31. The van der Waals surface area contributed by atoms with Crippen LogP contribution in [0.4, 0.5) is 0 Å². The maximum absolute atomic E-state index is 13.2. The lowest BCUT2D eigenvalue weighted by Gasteiger charge is -2.22. The summed E-state index contributed by atoms with van der Waals surface area (Å²) in [7, 11) is -3.80. The van der Waals surface area contributed by atoms with E-state index in [0.717, 1.165) is 30.4 Å². The van der Waals surface area contributed by atoms with Crippen LogP contribution in [-0.2, 0) is 38.9 Å². The van der Waals surface area contributed by atoms with Crippen molar-refractivity contribution in [2.24, 2.45) is 0 Å². The smallest absolute Gasteiger partial charge is 0.321 e. The molecule has 0 unspecified atom stereocenters. The highest BCUT2D eigenvalue weighted by Crippen LogP contribution is 2.27. The number of rotatable bonds is 7. The zero-order valence-corrected chi connectivity index (χ0v) is 15.7. The summed E-state index contributed by atoms with van der Waals surface area (Å²) in [5.74, 6) is -0.548. The molecule has 0 bridgehead atoms. The van der Waals surface area contributed by atoms with E-state index in [1.807, 2.05) is 36.4 Å². The number of hydrogen-bond acceptors (Lipinski definition) is 4. The van der Waals surface area contributed by atoms with Crippen LogP contribution >= 0.6 is 0 Å². The zero-order chi connectivity index (χ0) is 18.6. The molecule has 0 aliphatic heterocycles. The highest BCUT2D eigenvalue weighted by atomic mass is 32.2. The SMILES string of the molecule is CCOC(=O)CN(Cc1ccccc1)S(=O)(=O)c1ccc2c(c1)CCC2. The molecule has 0 N–H and O–H groups in total. The van der Waals surface area contributed by atoms with Crippen LogP contribution in [0.3, 0.4) is 0 Å². The standard InChI is InChI=1S/C20H23NO4S/c1-2-25-20(22)15-21(14-16-7-4-3-5-8-16)26(23,24)19-12-11-17-9-6-10-18(17)13-19/h3-5,7-8,11-13H,2,6,9-10,14-15H2,1H3. The highest BCUT2D eigenvalue weighted by Gasteiger charge is 2.28. The minimum Gasteiger partial charge on any atom is -0.465 e. The van der Waals surface area contributed by atoms with Gasteiger partial charge in [-0.2, -0.15) is 4.31 Å². The molecule has 0 atom stereocenters. The van der Waals surface area contributed by atoms with E-state index in [9.17, 15) is 13.2 Å². The van der Waals surface area contributed by atoms with Gasteiger partial charge in [-0.25, -0.2) is 8.42 Å². The molecule has 0 radical (unpaired) electrons. The predicted molar refractivity (Wildman–Crippen MR) is 99.1 cm³/mol. The first-order valence-electron chi connectivity index (χ1n) is 8.82. The molecule has 1 aliphatic carbocycles. The summed E-state index contributed by atoms with van der Waals surface area (Å²) >= 11 is 0. The van der Waals surface area contributed by atoms with Gasteiger partial charge in [0, 0.05) is 6.54 Å². The van der Waals surface area contributed by atoms with Crippen molar-refractivity contribution in [3.63, 3.8) is 0 Å². The summed E-state index contributed by atoms with van der Waals surface area (Å²) in [6.45, 7) is 1.74. The van der Waals surface area contributed by atoms with E-state index in [1.165, 1.54) is 9.87 Å². The normalized spacial score (nSPS) is 13.6. The summed E-state index contributed by atoms with van der Waals surface area (Å²) in [6, 6.07) is 14.5. The van der Waals surface area contributed by atoms with Gasteiger partial charge in [-0.3, -0.25) is 4.79 Å². The molecule has 0 amide bonds. The number of esters is 1. The zero-order valence-electron chi connectivity index (χ0n) is 14.8. The second kappa shape index (κ2) is 8.01. The lowest BCUT2D eigenvalue weighted by molar-refractivity contribution is -0.143. The summed E-state index contributed by atoms with van der Waals surface area (Å²) in [5, 5.41) is 0. The molecule has 138 valence electrons. The number of nitrogens with zero attached hydrogens (tertiary/aromatic N) is 1. The van der Waals surface area contributed by atoms with Gasteiger partial charge in [0.05, 0.1) is 11.5 Å². The number of aryl methyl sites for hydroxylation is 2. The van der Waals surface area contributed by atoms with Gasteiger partial charge >= 0.3 is 5.97 Å². The summed E-state index contributed by atoms with van der Waals surface area (Å²) in [6.07, 6.45) is 2.94. The Morgan fingerprint density at radius 2 is 1.81 bits per heavy atom. The monoisotopic (exact) mass is 373 g/mol. The quantitative estimate of drug-likeness (QED) is 0.700. The predicted octanol–water partition coefficient (Wildman–Crippen LogP) is 2.93. The average Bonchev–Trinajstić information content (AvgIpc) is 3.10. The van der Waals surface area contributed by atoms with Crippen LogP contribution in [0.15, 0.2) is 53.4 Å². The largest absolute Gasteiger partial charge is 0.465 e. The van der Waals surface area contributed by atoms with Gasteiger partial charge in [0.2, 0.25) is 10.0 Å². The van der Waals surface area contributed by atoms with Crippen molar-refractivity contribution in [3.05, 3.63) is 65.2 Å². The van der Waals surface area contributed by atoms with Crippen LogP contribution in [0.5, 0.6) is 0 Å². The van der Waals surface area contributed by atoms with Crippen molar-refractivity contribution in [2.45, 2.75) is 37.6 Å². The molecule has 0 saturated heterocycles. The number of sulfonamides is 1. The fourth-order valence-electron chi connectivity index (χ4n) is 3.22. The second-order valence-electron chi connectivity index (χ2n) is 6.35. The Morgan fingerprint density at radius 3 is 2.54 bits per heavy atom. The topological polar surface area (TPSA) is 63.7 Å². The van der Waals surface area contributed by atoms with Crippen molar-refractivity contribution in [1.82, 2.24) is 4.31 Å². The molecular weight excluding hydrogens is 350 g/mol. The molecule has 2 aromatic rings. The van der Waals surface area contributed by atoms with Crippen molar-refractivity contribution in [2.75, 3.05) is 13.2 Å². The van der Waals surface area contributed by atoms with E-state index < -0.39 is 16.0 Å². The lowest BCUT2D eigenvalue weighted by Crippen LogP contribution is -2.36. The summed E-state index contributed by atoms with van der Waals surface area (Å²) < 4.78 is 32.6. The van der Waals surface area contributed by atoms with Crippen LogP contribution in [-0.4, -0.2) is 31.8 Å². The molecule has 6 heteroatoms. The molecule has 0 saturated carbocycles. The number of carbonyl (C=O) groups excluding carboxylic acids is 1.